The summed E-state index contributed by atoms with van der Waals surface area (Å²) in [6, 6.07) is 5.62. The summed E-state index contributed by atoms with van der Waals surface area (Å²) >= 11 is 0. The number of hydrogen-bond donors (Lipinski definition) is 1. The number of benzene rings is 1. The highest BCUT2D eigenvalue weighted by Crippen LogP contribution is 2.41. The number of ketones is 1. The Morgan fingerprint density at radius 1 is 0.906 bits per heavy atom. The van der Waals surface area contributed by atoms with Crippen LogP contribution in [0.1, 0.15) is 64.7 Å². The van der Waals surface area contributed by atoms with Gasteiger partial charge in [0.1, 0.15) is 6.54 Å². The molecule has 4 rings (SSSR count). The summed E-state index contributed by atoms with van der Waals surface area (Å²) in [6.45, 7) is 1.02. The number of hydrogen-bond acceptors (Lipinski definition) is 4. The van der Waals surface area contributed by atoms with Gasteiger partial charge in [0, 0.05) is 11.5 Å². The van der Waals surface area contributed by atoms with Crippen molar-refractivity contribution >= 4 is 35.2 Å². The highest BCUT2D eigenvalue weighted by molar-refractivity contribution is 6.16. The zero-order valence-electron chi connectivity index (χ0n) is 18.6. The molecule has 1 N–H and O–H groups in total. The van der Waals surface area contributed by atoms with E-state index in [2.05, 4.69) is 0 Å². The summed E-state index contributed by atoms with van der Waals surface area (Å²) in [6.07, 6.45) is 8.16. The molecule has 2 fully saturated rings. The number of fused-ring (bicyclic) bond motifs is 1. The zero-order chi connectivity index (χ0) is 22.9. The lowest BCUT2D eigenvalue weighted by atomic mass is 9.83. The Bertz CT molecular complexity index is 918. The molecule has 0 spiro atoms. The smallest absolute Gasteiger partial charge is 0.333 e. The molecule has 3 aliphatic rings. The van der Waals surface area contributed by atoms with Crippen molar-refractivity contribution in [2.75, 3.05) is 22.9 Å². The van der Waals surface area contributed by atoms with Crippen molar-refractivity contribution in [2.45, 2.75) is 70.8 Å². The van der Waals surface area contributed by atoms with E-state index < -0.39 is 30.0 Å². The average molecular weight is 442 g/mol. The van der Waals surface area contributed by atoms with Gasteiger partial charge in [-0.3, -0.25) is 19.4 Å². The van der Waals surface area contributed by atoms with Crippen LogP contribution in [0.3, 0.4) is 0 Å². The van der Waals surface area contributed by atoms with Gasteiger partial charge in [-0.2, -0.15) is 0 Å². The molecule has 0 atom stereocenters. The SMILES string of the molecule is CC1(C(=O)CN2C(=O)N(CC(=O)O)C(=O)N(C3CCCCC3)c3ccccc32)CCCC1. The van der Waals surface area contributed by atoms with Gasteiger partial charge in [-0.25, -0.2) is 14.5 Å². The number of urea groups is 2. The minimum Gasteiger partial charge on any atom is -0.480 e. The number of aliphatic carboxylic acids is 1. The van der Waals surface area contributed by atoms with Gasteiger partial charge in [0.15, 0.2) is 5.78 Å². The third-order valence-electron chi connectivity index (χ3n) is 7.25. The van der Waals surface area contributed by atoms with E-state index in [0.29, 0.717) is 11.4 Å². The molecule has 1 heterocycles. The topological polar surface area (TPSA) is 98.2 Å². The lowest BCUT2D eigenvalue weighted by molar-refractivity contribution is -0.137. The third kappa shape index (κ3) is 4.10. The van der Waals surface area contributed by atoms with E-state index in [1.807, 2.05) is 6.92 Å². The van der Waals surface area contributed by atoms with Crippen LogP contribution in [-0.2, 0) is 9.59 Å². The molecule has 0 saturated heterocycles. The molecular formula is C24H31N3O5. The van der Waals surface area contributed by atoms with E-state index in [4.69, 9.17) is 0 Å². The Morgan fingerprint density at radius 3 is 2.16 bits per heavy atom. The Balaban J connectivity index is 1.77. The van der Waals surface area contributed by atoms with Gasteiger partial charge in [0.25, 0.3) is 0 Å². The van der Waals surface area contributed by atoms with Gasteiger partial charge in [0.2, 0.25) is 0 Å². The van der Waals surface area contributed by atoms with Crippen LogP contribution in [0, 0.1) is 5.41 Å². The van der Waals surface area contributed by atoms with Crippen molar-refractivity contribution in [1.82, 2.24) is 4.90 Å². The molecule has 0 aromatic heterocycles. The lowest BCUT2D eigenvalue weighted by Crippen LogP contribution is -2.54. The van der Waals surface area contributed by atoms with Crippen LogP contribution in [0.15, 0.2) is 24.3 Å². The van der Waals surface area contributed by atoms with Crippen molar-refractivity contribution in [3.8, 4) is 0 Å². The molecule has 1 aromatic rings. The fourth-order valence-corrected chi connectivity index (χ4v) is 5.34. The number of imide groups is 1. The molecule has 1 aliphatic heterocycles. The van der Waals surface area contributed by atoms with Crippen LogP contribution >= 0.6 is 0 Å². The summed E-state index contributed by atoms with van der Waals surface area (Å²) in [7, 11) is 0. The van der Waals surface area contributed by atoms with Gasteiger partial charge in [-0.05, 0) is 37.8 Å². The highest BCUT2D eigenvalue weighted by atomic mass is 16.4. The van der Waals surface area contributed by atoms with Crippen LogP contribution in [0.5, 0.6) is 0 Å². The molecule has 0 radical (unpaired) electrons. The summed E-state index contributed by atoms with van der Waals surface area (Å²) in [5.74, 6) is -1.32. The maximum atomic E-state index is 13.6. The predicted molar refractivity (Wildman–Crippen MR) is 120 cm³/mol. The minimum absolute atomic E-state index is 0.0491. The highest BCUT2D eigenvalue weighted by Gasteiger charge is 2.44. The maximum absolute atomic E-state index is 13.6. The molecule has 8 heteroatoms. The van der Waals surface area contributed by atoms with Gasteiger partial charge < -0.3 is 5.11 Å². The van der Waals surface area contributed by atoms with Crippen molar-refractivity contribution in [1.29, 1.82) is 0 Å². The number of amides is 4. The van der Waals surface area contributed by atoms with E-state index in [1.165, 1.54) is 4.90 Å². The van der Waals surface area contributed by atoms with E-state index in [0.717, 1.165) is 62.7 Å². The van der Waals surface area contributed by atoms with Gasteiger partial charge in [0.05, 0.1) is 17.9 Å². The van der Waals surface area contributed by atoms with Crippen LogP contribution in [-0.4, -0.2) is 53.0 Å². The quantitative estimate of drug-likeness (QED) is 0.705. The van der Waals surface area contributed by atoms with Gasteiger partial charge in [-0.1, -0.05) is 51.2 Å². The number of carbonyl (C=O) groups is 4. The van der Waals surface area contributed by atoms with Crippen LogP contribution in [0.4, 0.5) is 21.0 Å². The predicted octanol–water partition coefficient (Wildman–Crippen LogP) is 4.42. The minimum atomic E-state index is -1.27. The third-order valence-corrected chi connectivity index (χ3v) is 7.25. The number of carboxylic acid groups (broad SMARTS) is 1. The molecule has 172 valence electrons. The molecule has 8 nitrogen and oxygen atoms in total. The van der Waals surface area contributed by atoms with E-state index >= 15 is 0 Å². The molecule has 1 aromatic carbocycles. The summed E-state index contributed by atoms with van der Waals surface area (Å²) in [5, 5.41) is 9.44. The van der Waals surface area contributed by atoms with Crippen molar-refractivity contribution in [2.24, 2.45) is 5.41 Å². The summed E-state index contributed by atoms with van der Waals surface area (Å²) in [4.78, 5) is 55.6. The number of Topliss-reactive ketones (excluding diaryl/α,β-unsaturated/α-hetero) is 1. The first-order chi connectivity index (χ1) is 15.3. The Kier molecular flexibility index (Phi) is 6.22. The lowest BCUT2D eigenvalue weighted by Gasteiger charge is -2.35. The number of carboxylic acids is 1. The molecular weight excluding hydrogens is 410 g/mol. The Morgan fingerprint density at radius 2 is 1.53 bits per heavy atom. The van der Waals surface area contributed by atoms with E-state index in [9.17, 15) is 24.3 Å². The number of carbonyl (C=O) groups excluding carboxylic acids is 3. The second kappa shape index (κ2) is 8.92. The molecule has 4 amide bonds. The van der Waals surface area contributed by atoms with Crippen molar-refractivity contribution in [3.05, 3.63) is 24.3 Å². The van der Waals surface area contributed by atoms with Crippen molar-refractivity contribution in [3.63, 3.8) is 0 Å². The van der Waals surface area contributed by atoms with Crippen LogP contribution in [0.25, 0.3) is 0 Å². The molecule has 2 aliphatic carbocycles. The first-order valence-corrected chi connectivity index (χ1v) is 11.6. The molecule has 0 unspecified atom stereocenters. The maximum Gasteiger partial charge on any atom is 0.333 e. The monoisotopic (exact) mass is 441 g/mol. The molecule has 32 heavy (non-hydrogen) atoms. The largest absolute Gasteiger partial charge is 0.480 e. The first kappa shape index (κ1) is 22.3. The second-order valence-electron chi connectivity index (χ2n) is 9.47. The van der Waals surface area contributed by atoms with Crippen LogP contribution < -0.4 is 9.80 Å². The zero-order valence-corrected chi connectivity index (χ0v) is 18.6. The van der Waals surface area contributed by atoms with E-state index in [1.54, 1.807) is 29.2 Å². The molecule has 2 saturated carbocycles. The standard InChI is InChI=1S/C24H31N3O5/c1-24(13-7-8-14-24)20(28)15-25-18-11-5-6-12-19(18)27(17-9-3-2-4-10-17)23(32)26(22(25)31)16-21(29)30/h5-6,11-12,17H,2-4,7-10,13-16H2,1H3,(H,29,30). The number of rotatable bonds is 6. The normalized spacial score (nSPS) is 21.5. The summed E-state index contributed by atoms with van der Waals surface area (Å²) < 4.78 is 0. The Labute approximate surface area is 188 Å². The fraction of sp³-hybridized carbons (Fsp3) is 0.583. The fourth-order valence-electron chi connectivity index (χ4n) is 5.34. The van der Waals surface area contributed by atoms with Gasteiger partial charge >= 0.3 is 18.0 Å². The Hall–Kier alpha value is -2.90. The van der Waals surface area contributed by atoms with Crippen LogP contribution in [0.2, 0.25) is 0 Å². The first-order valence-electron chi connectivity index (χ1n) is 11.6. The average Bonchev–Trinajstić information content (AvgIpc) is 3.21. The van der Waals surface area contributed by atoms with Gasteiger partial charge in [-0.15, -0.1) is 0 Å². The second-order valence-corrected chi connectivity index (χ2v) is 9.47. The molecule has 0 bridgehead atoms. The number of nitrogens with zero attached hydrogens (tertiary/aromatic N) is 3. The van der Waals surface area contributed by atoms with E-state index in [-0.39, 0.29) is 18.4 Å². The number of anilines is 2. The summed E-state index contributed by atoms with van der Waals surface area (Å²) in [5.41, 5.74) is 0.556. The van der Waals surface area contributed by atoms with Crippen molar-refractivity contribution < 1.29 is 24.3 Å². The number of para-hydroxylation sites is 2.